The summed E-state index contributed by atoms with van der Waals surface area (Å²) in [7, 11) is 0. The van der Waals surface area contributed by atoms with Crippen molar-refractivity contribution in [3.05, 3.63) is 75.3 Å². The van der Waals surface area contributed by atoms with Crippen molar-refractivity contribution < 1.29 is 14.6 Å². The first-order valence-electron chi connectivity index (χ1n) is 9.69. The Balaban J connectivity index is 1.86. The summed E-state index contributed by atoms with van der Waals surface area (Å²) in [6, 6.07) is 10.9. The maximum atomic E-state index is 13.0. The summed E-state index contributed by atoms with van der Waals surface area (Å²) in [5.41, 5.74) is 3.57. The molecule has 0 fully saturated rings. The number of carboxylic acid groups (broad SMARTS) is 1. The molecule has 0 saturated carbocycles. The number of benzene rings is 1. The van der Waals surface area contributed by atoms with Crippen molar-refractivity contribution in [1.29, 1.82) is 0 Å². The molecule has 6 heteroatoms. The number of aromatic carboxylic acids is 1. The van der Waals surface area contributed by atoms with E-state index in [4.69, 9.17) is 9.72 Å². The second-order valence-corrected chi connectivity index (χ2v) is 7.42. The molecule has 0 aliphatic heterocycles. The standard InChI is InChI=1S/C23H22N2O4/c1-14(2)29-19-9-4-3-6-15(19)12-16-7-5-8-18-21(16)24-20-11-10-17(23(27)28)13-25(20)22(18)26/h3-4,6,9-14H,5,7-8H2,1-2H3,(H,27,28). The second kappa shape index (κ2) is 7.54. The highest BCUT2D eigenvalue weighted by atomic mass is 16.5. The SMILES string of the molecule is CC(C)Oc1ccccc1C=C1CCCc2c1nc1ccc(C(=O)O)cn1c2=O. The van der Waals surface area contributed by atoms with Crippen LogP contribution < -0.4 is 10.3 Å². The minimum absolute atomic E-state index is 0.0586. The number of aromatic nitrogens is 2. The van der Waals surface area contributed by atoms with E-state index < -0.39 is 5.97 Å². The van der Waals surface area contributed by atoms with E-state index in [0.717, 1.165) is 29.7 Å². The zero-order valence-electron chi connectivity index (χ0n) is 16.4. The van der Waals surface area contributed by atoms with Gasteiger partial charge < -0.3 is 9.84 Å². The Bertz CT molecular complexity index is 1190. The third-order valence-corrected chi connectivity index (χ3v) is 4.95. The molecule has 148 valence electrons. The summed E-state index contributed by atoms with van der Waals surface area (Å²) < 4.78 is 7.25. The molecule has 1 aliphatic carbocycles. The lowest BCUT2D eigenvalue weighted by Gasteiger charge is -2.19. The average molecular weight is 390 g/mol. The van der Waals surface area contributed by atoms with Crippen LogP contribution in [0, 0.1) is 0 Å². The van der Waals surface area contributed by atoms with E-state index >= 15 is 0 Å². The van der Waals surface area contributed by atoms with Crippen LogP contribution in [0.15, 0.2) is 47.4 Å². The summed E-state index contributed by atoms with van der Waals surface area (Å²) >= 11 is 0. The predicted molar refractivity (Wildman–Crippen MR) is 111 cm³/mol. The van der Waals surface area contributed by atoms with Crippen molar-refractivity contribution in [2.45, 2.75) is 39.2 Å². The van der Waals surface area contributed by atoms with Gasteiger partial charge in [-0.2, -0.15) is 0 Å². The first kappa shape index (κ1) is 18.9. The van der Waals surface area contributed by atoms with Crippen molar-refractivity contribution in [3.63, 3.8) is 0 Å². The fourth-order valence-corrected chi connectivity index (χ4v) is 3.66. The lowest BCUT2D eigenvalue weighted by molar-refractivity contribution is 0.0696. The first-order valence-corrected chi connectivity index (χ1v) is 9.69. The van der Waals surface area contributed by atoms with Crippen molar-refractivity contribution in [1.82, 2.24) is 9.38 Å². The summed E-state index contributed by atoms with van der Waals surface area (Å²) in [6.07, 6.45) is 5.74. The topological polar surface area (TPSA) is 80.9 Å². The van der Waals surface area contributed by atoms with E-state index in [2.05, 4.69) is 0 Å². The lowest BCUT2D eigenvalue weighted by Crippen LogP contribution is -2.25. The fraction of sp³-hybridized carbons (Fsp3) is 0.261. The number of para-hydroxylation sites is 1. The molecular weight excluding hydrogens is 368 g/mol. The number of ether oxygens (including phenoxy) is 1. The van der Waals surface area contributed by atoms with Gasteiger partial charge >= 0.3 is 5.97 Å². The lowest BCUT2D eigenvalue weighted by atomic mass is 9.90. The molecule has 0 spiro atoms. The van der Waals surface area contributed by atoms with Gasteiger partial charge in [-0.15, -0.1) is 0 Å². The smallest absolute Gasteiger partial charge is 0.337 e. The third-order valence-electron chi connectivity index (χ3n) is 4.95. The molecule has 0 bridgehead atoms. The van der Waals surface area contributed by atoms with E-state index in [1.54, 1.807) is 6.07 Å². The number of nitrogens with zero attached hydrogens (tertiary/aromatic N) is 2. The molecule has 0 radical (unpaired) electrons. The highest BCUT2D eigenvalue weighted by Gasteiger charge is 2.21. The molecular formula is C23H22N2O4. The van der Waals surface area contributed by atoms with Crippen LogP contribution in [0.25, 0.3) is 17.3 Å². The van der Waals surface area contributed by atoms with Crippen molar-refractivity contribution in [2.75, 3.05) is 0 Å². The van der Waals surface area contributed by atoms with Gasteiger partial charge in [0.05, 0.1) is 17.4 Å². The minimum Gasteiger partial charge on any atom is -0.490 e. The molecule has 2 aromatic heterocycles. The van der Waals surface area contributed by atoms with Crippen LogP contribution in [0.4, 0.5) is 0 Å². The van der Waals surface area contributed by atoms with Gasteiger partial charge in [0.15, 0.2) is 0 Å². The number of carboxylic acids is 1. The van der Waals surface area contributed by atoms with Crippen LogP contribution in [0.3, 0.4) is 0 Å². The molecule has 0 amide bonds. The molecule has 29 heavy (non-hydrogen) atoms. The molecule has 3 aromatic rings. The van der Waals surface area contributed by atoms with Crippen LogP contribution in [0.5, 0.6) is 5.75 Å². The van der Waals surface area contributed by atoms with Gasteiger partial charge in [0.1, 0.15) is 11.4 Å². The Kier molecular flexibility index (Phi) is 4.92. The maximum Gasteiger partial charge on any atom is 0.337 e. The van der Waals surface area contributed by atoms with Crippen LogP contribution >= 0.6 is 0 Å². The molecule has 0 atom stereocenters. The molecule has 1 aliphatic rings. The van der Waals surface area contributed by atoms with E-state index in [0.29, 0.717) is 23.3 Å². The molecule has 0 saturated heterocycles. The fourth-order valence-electron chi connectivity index (χ4n) is 3.66. The molecule has 6 nitrogen and oxygen atoms in total. The van der Waals surface area contributed by atoms with Gasteiger partial charge in [0, 0.05) is 17.3 Å². The van der Waals surface area contributed by atoms with Crippen LogP contribution in [-0.4, -0.2) is 26.6 Å². The molecule has 1 N–H and O–H groups in total. The van der Waals surface area contributed by atoms with Gasteiger partial charge in [-0.05, 0) is 63.0 Å². The van der Waals surface area contributed by atoms with Gasteiger partial charge in [-0.1, -0.05) is 18.2 Å². The Morgan fingerprint density at radius 2 is 2.00 bits per heavy atom. The van der Waals surface area contributed by atoms with E-state index in [1.807, 2.05) is 44.2 Å². The normalized spacial score (nSPS) is 14.9. The quantitative estimate of drug-likeness (QED) is 0.727. The Morgan fingerprint density at radius 3 is 2.76 bits per heavy atom. The summed E-state index contributed by atoms with van der Waals surface area (Å²) in [5, 5.41) is 9.21. The average Bonchev–Trinajstić information content (AvgIpc) is 2.69. The number of allylic oxidation sites excluding steroid dienone is 1. The largest absolute Gasteiger partial charge is 0.490 e. The zero-order chi connectivity index (χ0) is 20.5. The number of carbonyl (C=O) groups is 1. The van der Waals surface area contributed by atoms with Gasteiger partial charge in [-0.25, -0.2) is 9.78 Å². The van der Waals surface area contributed by atoms with Gasteiger partial charge in [0.2, 0.25) is 0 Å². The Hall–Kier alpha value is -3.41. The third kappa shape index (κ3) is 3.66. The van der Waals surface area contributed by atoms with Crippen LogP contribution in [-0.2, 0) is 6.42 Å². The summed E-state index contributed by atoms with van der Waals surface area (Å²) in [6.45, 7) is 3.97. The van der Waals surface area contributed by atoms with Crippen LogP contribution in [0.2, 0.25) is 0 Å². The first-order chi connectivity index (χ1) is 13.9. The highest BCUT2D eigenvalue weighted by Crippen LogP contribution is 2.32. The number of fused-ring (bicyclic) bond motifs is 2. The molecule has 4 rings (SSSR count). The van der Waals surface area contributed by atoms with Crippen LogP contribution in [0.1, 0.15) is 53.9 Å². The molecule has 0 unspecified atom stereocenters. The second-order valence-electron chi connectivity index (χ2n) is 7.42. The van der Waals surface area contributed by atoms with Gasteiger partial charge in [0.25, 0.3) is 5.56 Å². The summed E-state index contributed by atoms with van der Waals surface area (Å²) in [4.78, 5) is 29.0. The molecule has 1 aromatic carbocycles. The van der Waals surface area contributed by atoms with Crippen molar-refractivity contribution >= 4 is 23.3 Å². The Morgan fingerprint density at radius 1 is 1.21 bits per heavy atom. The number of pyridine rings is 1. The Labute approximate surface area is 168 Å². The van der Waals surface area contributed by atoms with Crippen molar-refractivity contribution in [3.8, 4) is 5.75 Å². The van der Waals surface area contributed by atoms with Crippen molar-refractivity contribution in [2.24, 2.45) is 0 Å². The van der Waals surface area contributed by atoms with E-state index in [9.17, 15) is 14.7 Å². The van der Waals surface area contributed by atoms with Gasteiger partial charge in [-0.3, -0.25) is 9.20 Å². The monoisotopic (exact) mass is 390 g/mol. The number of rotatable bonds is 4. The summed E-state index contributed by atoms with van der Waals surface area (Å²) in [5.74, 6) is -0.274. The maximum absolute atomic E-state index is 13.0. The zero-order valence-corrected chi connectivity index (χ0v) is 16.4. The number of hydrogen-bond acceptors (Lipinski definition) is 4. The molecule has 2 heterocycles. The van der Waals surface area contributed by atoms with E-state index in [1.165, 1.54) is 16.7 Å². The van der Waals surface area contributed by atoms with E-state index in [-0.39, 0.29) is 17.2 Å². The highest BCUT2D eigenvalue weighted by molar-refractivity contribution is 5.88. The number of hydrogen-bond donors (Lipinski definition) is 1. The minimum atomic E-state index is -1.07. The predicted octanol–water partition coefficient (Wildman–Crippen LogP) is 4.06.